The summed E-state index contributed by atoms with van der Waals surface area (Å²) in [6.45, 7) is 9.39. The topological polar surface area (TPSA) is 15.3 Å². The molecule has 3 heteroatoms. The molecule has 0 bridgehead atoms. The number of likely N-dealkylation sites (N-methyl/N-ethyl adjacent to an activating group) is 1. The van der Waals surface area contributed by atoms with Gasteiger partial charge in [0, 0.05) is 24.8 Å². The predicted octanol–water partition coefficient (Wildman–Crippen LogP) is 3.82. The minimum atomic E-state index is -0.162. The van der Waals surface area contributed by atoms with Gasteiger partial charge in [0.05, 0.1) is 0 Å². The van der Waals surface area contributed by atoms with Gasteiger partial charge in [-0.1, -0.05) is 26.3 Å². The van der Waals surface area contributed by atoms with E-state index in [1.807, 2.05) is 6.07 Å². The molecule has 0 heterocycles. The van der Waals surface area contributed by atoms with Crippen molar-refractivity contribution in [1.82, 2.24) is 5.32 Å². The number of halogens is 1. The van der Waals surface area contributed by atoms with E-state index in [0.717, 1.165) is 38.2 Å². The molecule has 1 N–H and O–H groups in total. The molecule has 0 aliphatic heterocycles. The smallest absolute Gasteiger partial charge is 0.125 e. The fourth-order valence-electron chi connectivity index (χ4n) is 2.31. The van der Waals surface area contributed by atoms with Crippen molar-refractivity contribution in [3.8, 4) is 0 Å². The Kier molecular flexibility index (Phi) is 7.49. The summed E-state index contributed by atoms with van der Waals surface area (Å²) in [6, 6.07) is 7.35. The first kappa shape index (κ1) is 16.0. The van der Waals surface area contributed by atoms with Crippen LogP contribution in [0.2, 0.25) is 0 Å². The molecule has 0 spiro atoms. The second kappa shape index (κ2) is 8.92. The number of hydrogen-bond donors (Lipinski definition) is 1. The Morgan fingerprint density at radius 3 is 2.58 bits per heavy atom. The number of rotatable bonds is 9. The zero-order valence-corrected chi connectivity index (χ0v) is 12.5. The Bertz CT molecular complexity index is 354. The largest absolute Gasteiger partial charge is 0.370 e. The number of benzene rings is 1. The van der Waals surface area contributed by atoms with E-state index in [9.17, 15) is 4.39 Å². The average molecular weight is 266 g/mol. The van der Waals surface area contributed by atoms with Gasteiger partial charge in [0.25, 0.3) is 0 Å². The van der Waals surface area contributed by atoms with Crippen molar-refractivity contribution in [1.29, 1.82) is 0 Å². The van der Waals surface area contributed by atoms with Gasteiger partial charge in [-0.25, -0.2) is 4.39 Å². The van der Waals surface area contributed by atoms with Crippen molar-refractivity contribution in [2.45, 2.75) is 46.1 Å². The molecule has 1 aromatic rings. The maximum atomic E-state index is 13.3. The van der Waals surface area contributed by atoms with Crippen molar-refractivity contribution >= 4 is 5.69 Å². The normalized spacial score (nSPS) is 12.4. The van der Waals surface area contributed by atoms with Crippen LogP contribution in [0.1, 0.15) is 40.0 Å². The maximum absolute atomic E-state index is 13.3. The van der Waals surface area contributed by atoms with E-state index in [4.69, 9.17) is 0 Å². The van der Waals surface area contributed by atoms with Gasteiger partial charge in [-0.2, -0.15) is 0 Å². The van der Waals surface area contributed by atoms with Crippen molar-refractivity contribution in [3.05, 3.63) is 30.1 Å². The van der Waals surface area contributed by atoms with E-state index in [1.54, 1.807) is 12.1 Å². The standard InChI is InChI=1S/C16H27FN2/c1-4-8-15(18-11-5-2)13-19(6-3)16-10-7-9-14(17)12-16/h7,9-10,12,15,18H,4-6,8,11,13H2,1-3H3. The molecule has 1 atom stereocenters. The minimum Gasteiger partial charge on any atom is -0.370 e. The van der Waals surface area contributed by atoms with Crippen LogP contribution in [-0.4, -0.2) is 25.7 Å². The second-order valence-corrected chi connectivity index (χ2v) is 4.96. The number of nitrogens with one attached hydrogen (secondary N) is 1. The first-order valence-corrected chi connectivity index (χ1v) is 7.45. The van der Waals surface area contributed by atoms with Gasteiger partial charge < -0.3 is 10.2 Å². The van der Waals surface area contributed by atoms with Crippen LogP contribution >= 0.6 is 0 Å². The molecule has 0 aliphatic carbocycles. The zero-order valence-electron chi connectivity index (χ0n) is 12.5. The second-order valence-electron chi connectivity index (χ2n) is 4.96. The van der Waals surface area contributed by atoms with E-state index in [2.05, 4.69) is 31.0 Å². The van der Waals surface area contributed by atoms with E-state index < -0.39 is 0 Å². The fraction of sp³-hybridized carbons (Fsp3) is 0.625. The van der Waals surface area contributed by atoms with Crippen LogP contribution in [0.3, 0.4) is 0 Å². The van der Waals surface area contributed by atoms with E-state index in [-0.39, 0.29) is 5.82 Å². The first-order valence-electron chi connectivity index (χ1n) is 7.45. The van der Waals surface area contributed by atoms with Crippen LogP contribution in [0.25, 0.3) is 0 Å². The first-order chi connectivity index (χ1) is 9.21. The van der Waals surface area contributed by atoms with Crippen LogP contribution in [0.15, 0.2) is 24.3 Å². The molecular formula is C16H27FN2. The molecule has 19 heavy (non-hydrogen) atoms. The number of hydrogen-bond acceptors (Lipinski definition) is 2. The summed E-state index contributed by atoms with van der Waals surface area (Å²) >= 11 is 0. The molecule has 1 unspecified atom stereocenters. The maximum Gasteiger partial charge on any atom is 0.125 e. The molecule has 0 saturated heterocycles. The van der Waals surface area contributed by atoms with Gasteiger partial charge in [0.2, 0.25) is 0 Å². The van der Waals surface area contributed by atoms with E-state index in [1.165, 1.54) is 12.5 Å². The quantitative estimate of drug-likeness (QED) is 0.731. The van der Waals surface area contributed by atoms with Gasteiger partial charge in [0.15, 0.2) is 0 Å². The van der Waals surface area contributed by atoms with Gasteiger partial charge in [-0.05, 0) is 44.5 Å². The van der Waals surface area contributed by atoms with Crippen molar-refractivity contribution < 1.29 is 4.39 Å². The summed E-state index contributed by atoms with van der Waals surface area (Å²) in [5, 5.41) is 3.58. The third kappa shape index (κ3) is 5.60. The lowest BCUT2D eigenvalue weighted by atomic mass is 10.1. The Morgan fingerprint density at radius 1 is 1.21 bits per heavy atom. The molecule has 0 aromatic heterocycles. The third-order valence-electron chi connectivity index (χ3n) is 3.32. The van der Waals surface area contributed by atoms with Gasteiger partial charge >= 0.3 is 0 Å². The summed E-state index contributed by atoms with van der Waals surface area (Å²) in [6.07, 6.45) is 3.47. The SMILES string of the molecule is CCCNC(CCC)CN(CC)c1cccc(F)c1. The summed E-state index contributed by atoms with van der Waals surface area (Å²) in [4.78, 5) is 2.24. The zero-order chi connectivity index (χ0) is 14.1. The minimum absolute atomic E-state index is 0.162. The highest BCUT2D eigenvalue weighted by atomic mass is 19.1. The number of nitrogens with zero attached hydrogens (tertiary/aromatic N) is 1. The van der Waals surface area contributed by atoms with Crippen molar-refractivity contribution in [2.75, 3.05) is 24.5 Å². The van der Waals surface area contributed by atoms with E-state index in [0.29, 0.717) is 6.04 Å². The lowest BCUT2D eigenvalue weighted by Crippen LogP contribution is -2.41. The molecule has 2 nitrogen and oxygen atoms in total. The summed E-state index contributed by atoms with van der Waals surface area (Å²) in [7, 11) is 0. The monoisotopic (exact) mass is 266 g/mol. The molecule has 0 fully saturated rings. The summed E-state index contributed by atoms with van der Waals surface area (Å²) in [5.74, 6) is -0.162. The summed E-state index contributed by atoms with van der Waals surface area (Å²) < 4.78 is 13.3. The van der Waals surface area contributed by atoms with E-state index >= 15 is 0 Å². The molecule has 0 saturated carbocycles. The Morgan fingerprint density at radius 2 is 2.00 bits per heavy atom. The molecule has 108 valence electrons. The van der Waals surface area contributed by atoms with Crippen molar-refractivity contribution in [2.24, 2.45) is 0 Å². The van der Waals surface area contributed by atoms with Crippen LogP contribution in [0, 0.1) is 5.82 Å². The Hall–Kier alpha value is -1.09. The number of anilines is 1. The highest BCUT2D eigenvalue weighted by molar-refractivity contribution is 5.46. The fourth-order valence-corrected chi connectivity index (χ4v) is 2.31. The van der Waals surface area contributed by atoms with Gasteiger partial charge in [-0.3, -0.25) is 0 Å². The van der Waals surface area contributed by atoms with Crippen LogP contribution in [0.4, 0.5) is 10.1 Å². The lowest BCUT2D eigenvalue weighted by Gasteiger charge is -2.29. The predicted molar refractivity (Wildman–Crippen MR) is 81.3 cm³/mol. The Labute approximate surface area is 117 Å². The van der Waals surface area contributed by atoms with Crippen LogP contribution < -0.4 is 10.2 Å². The third-order valence-corrected chi connectivity index (χ3v) is 3.32. The van der Waals surface area contributed by atoms with Crippen LogP contribution in [0.5, 0.6) is 0 Å². The molecule has 0 radical (unpaired) electrons. The van der Waals surface area contributed by atoms with Crippen LogP contribution in [-0.2, 0) is 0 Å². The molecular weight excluding hydrogens is 239 g/mol. The highest BCUT2D eigenvalue weighted by Gasteiger charge is 2.12. The highest BCUT2D eigenvalue weighted by Crippen LogP contribution is 2.16. The average Bonchev–Trinajstić information content (AvgIpc) is 2.41. The van der Waals surface area contributed by atoms with Gasteiger partial charge in [-0.15, -0.1) is 0 Å². The van der Waals surface area contributed by atoms with Gasteiger partial charge in [0.1, 0.15) is 5.82 Å². The van der Waals surface area contributed by atoms with Crippen molar-refractivity contribution in [3.63, 3.8) is 0 Å². The lowest BCUT2D eigenvalue weighted by molar-refractivity contribution is 0.470. The summed E-state index contributed by atoms with van der Waals surface area (Å²) in [5.41, 5.74) is 0.974. The molecule has 0 amide bonds. The molecule has 1 rings (SSSR count). The molecule has 0 aliphatic rings. The molecule has 1 aromatic carbocycles. The Balaban J connectivity index is 2.67.